The molecule has 0 aromatic carbocycles. The zero-order valence-corrected chi connectivity index (χ0v) is 8.30. The van der Waals surface area contributed by atoms with Gasteiger partial charge in [-0.3, -0.25) is 0 Å². The molecule has 0 radical (unpaired) electrons. The lowest BCUT2D eigenvalue weighted by Crippen LogP contribution is -2.21. The van der Waals surface area contributed by atoms with Gasteiger partial charge in [0, 0.05) is 19.8 Å². The number of aliphatic hydroxyl groups is 1. The Balaban J connectivity index is 1.63. The maximum absolute atomic E-state index is 8.52. The van der Waals surface area contributed by atoms with Crippen molar-refractivity contribution in [1.29, 1.82) is 0 Å². The van der Waals surface area contributed by atoms with E-state index in [1.165, 1.54) is 12.8 Å². The highest BCUT2D eigenvalue weighted by Gasteiger charge is 2.20. The molecule has 0 atom stereocenters. The van der Waals surface area contributed by atoms with Crippen molar-refractivity contribution in [3.63, 3.8) is 0 Å². The van der Waals surface area contributed by atoms with E-state index in [1.54, 1.807) is 0 Å². The van der Waals surface area contributed by atoms with E-state index >= 15 is 0 Å². The zero-order valence-electron chi connectivity index (χ0n) is 8.30. The molecule has 0 aromatic rings. The van der Waals surface area contributed by atoms with Gasteiger partial charge < -0.3 is 15.2 Å². The van der Waals surface area contributed by atoms with Gasteiger partial charge in [-0.15, -0.1) is 0 Å². The van der Waals surface area contributed by atoms with E-state index in [2.05, 4.69) is 5.32 Å². The van der Waals surface area contributed by atoms with E-state index < -0.39 is 0 Å². The Morgan fingerprint density at radius 2 is 2.08 bits per heavy atom. The number of ether oxygens (including phenoxy) is 1. The van der Waals surface area contributed by atoms with E-state index in [9.17, 15) is 0 Å². The minimum absolute atomic E-state index is 0.305. The van der Waals surface area contributed by atoms with Crippen LogP contribution in [0.5, 0.6) is 0 Å². The second-order valence-electron chi connectivity index (χ2n) is 3.70. The van der Waals surface area contributed by atoms with Crippen molar-refractivity contribution in [3.8, 4) is 0 Å². The highest BCUT2D eigenvalue weighted by Crippen LogP contribution is 2.28. The molecular formula is C10H21NO2. The topological polar surface area (TPSA) is 41.5 Å². The molecule has 2 N–H and O–H groups in total. The number of nitrogens with one attached hydrogen (secondary N) is 1. The fraction of sp³-hybridized carbons (Fsp3) is 1.00. The number of hydrogen-bond donors (Lipinski definition) is 2. The zero-order chi connectivity index (χ0) is 9.36. The van der Waals surface area contributed by atoms with Gasteiger partial charge in [0.15, 0.2) is 0 Å². The first-order chi connectivity index (χ1) is 6.43. The smallest absolute Gasteiger partial charge is 0.0591 e. The summed E-state index contributed by atoms with van der Waals surface area (Å²) in [6.45, 7) is 4.03. The third-order valence-corrected chi connectivity index (χ3v) is 2.24. The van der Waals surface area contributed by atoms with Crippen LogP contribution in [0.1, 0.15) is 25.7 Å². The van der Waals surface area contributed by atoms with Crippen molar-refractivity contribution in [2.45, 2.75) is 25.7 Å². The van der Waals surface area contributed by atoms with E-state index in [1.807, 2.05) is 0 Å². The quantitative estimate of drug-likeness (QED) is 0.524. The summed E-state index contributed by atoms with van der Waals surface area (Å²) in [7, 11) is 0. The molecule has 0 amide bonds. The Labute approximate surface area is 80.5 Å². The molecule has 1 fully saturated rings. The van der Waals surface area contributed by atoms with Crippen LogP contribution in [0.3, 0.4) is 0 Å². The summed E-state index contributed by atoms with van der Waals surface area (Å²) in [6, 6.07) is 0. The van der Waals surface area contributed by atoms with Crippen LogP contribution in [0.15, 0.2) is 0 Å². The summed E-state index contributed by atoms with van der Waals surface area (Å²) in [6.07, 6.45) is 4.68. The standard InChI is InChI=1S/C10H21NO2/c12-7-2-1-5-11-6-8-13-9-10-3-4-10/h10-12H,1-9H2. The van der Waals surface area contributed by atoms with Gasteiger partial charge in [-0.25, -0.2) is 0 Å². The second kappa shape index (κ2) is 7.30. The summed E-state index contributed by atoms with van der Waals surface area (Å²) in [4.78, 5) is 0. The van der Waals surface area contributed by atoms with Crippen molar-refractivity contribution in [2.24, 2.45) is 5.92 Å². The van der Waals surface area contributed by atoms with E-state index in [0.717, 1.165) is 45.1 Å². The fourth-order valence-electron chi connectivity index (χ4n) is 1.17. The van der Waals surface area contributed by atoms with Gasteiger partial charge in [-0.05, 0) is 38.1 Å². The molecule has 0 aromatic heterocycles. The highest BCUT2D eigenvalue weighted by molar-refractivity contribution is 4.71. The minimum Gasteiger partial charge on any atom is -0.396 e. The summed E-state index contributed by atoms with van der Waals surface area (Å²) < 4.78 is 5.45. The minimum atomic E-state index is 0.305. The summed E-state index contributed by atoms with van der Waals surface area (Å²) in [5, 5.41) is 11.8. The average Bonchev–Trinajstić information content (AvgIpc) is 2.93. The normalized spacial score (nSPS) is 16.4. The van der Waals surface area contributed by atoms with Crippen LogP contribution in [-0.4, -0.2) is 38.0 Å². The lowest BCUT2D eigenvalue weighted by atomic mass is 10.3. The van der Waals surface area contributed by atoms with Gasteiger partial charge in [-0.2, -0.15) is 0 Å². The molecule has 78 valence electrons. The van der Waals surface area contributed by atoms with Crippen molar-refractivity contribution < 1.29 is 9.84 Å². The Kier molecular flexibility index (Phi) is 6.15. The van der Waals surface area contributed by atoms with Crippen molar-refractivity contribution in [1.82, 2.24) is 5.32 Å². The molecule has 0 unspecified atom stereocenters. The molecule has 1 aliphatic rings. The van der Waals surface area contributed by atoms with Gasteiger partial charge in [-0.1, -0.05) is 0 Å². The molecule has 1 aliphatic carbocycles. The number of rotatable bonds is 9. The Morgan fingerprint density at radius 1 is 1.23 bits per heavy atom. The first-order valence-electron chi connectivity index (χ1n) is 5.33. The van der Waals surface area contributed by atoms with E-state index in [-0.39, 0.29) is 0 Å². The molecule has 3 nitrogen and oxygen atoms in total. The maximum atomic E-state index is 8.52. The van der Waals surface area contributed by atoms with Crippen molar-refractivity contribution in [2.75, 3.05) is 32.9 Å². The molecule has 1 rings (SSSR count). The van der Waals surface area contributed by atoms with Gasteiger partial charge in [0.25, 0.3) is 0 Å². The monoisotopic (exact) mass is 187 g/mol. The number of aliphatic hydroxyl groups excluding tert-OH is 1. The predicted octanol–water partition coefficient (Wildman–Crippen LogP) is 0.775. The lowest BCUT2D eigenvalue weighted by Gasteiger charge is -2.04. The molecular weight excluding hydrogens is 166 g/mol. The van der Waals surface area contributed by atoms with Crippen LogP contribution in [0, 0.1) is 5.92 Å². The van der Waals surface area contributed by atoms with Crippen LogP contribution >= 0.6 is 0 Å². The molecule has 3 heteroatoms. The molecule has 0 bridgehead atoms. The van der Waals surface area contributed by atoms with Crippen molar-refractivity contribution in [3.05, 3.63) is 0 Å². The van der Waals surface area contributed by atoms with Gasteiger partial charge in [0.1, 0.15) is 0 Å². The molecule has 0 heterocycles. The first-order valence-corrected chi connectivity index (χ1v) is 5.33. The fourth-order valence-corrected chi connectivity index (χ4v) is 1.17. The highest BCUT2D eigenvalue weighted by atomic mass is 16.5. The Morgan fingerprint density at radius 3 is 2.77 bits per heavy atom. The largest absolute Gasteiger partial charge is 0.396 e. The lowest BCUT2D eigenvalue weighted by molar-refractivity contribution is 0.126. The molecule has 13 heavy (non-hydrogen) atoms. The number of hydrogen-bond acceptors (Lipinski definition) is 3. The summed E-state index contributed by atoms with van der Waals surface area (Å²) in [5.74, 6) is 0.870. The van der Waals surface area contributed by atoms with Crippen LogP contribution in [0.2, 0.25) is 0 Å². The first kappa shape index (κ1) is 11.0. The molecule has 0 saturated heterocycles. The van der Waals surface area contributed by atoms with Gasteiger partial charge in [0.2, 0.25) is 0 Å². The third-order valence-electron chi connectivity index (χ3n) is 2.24. The van der Waals surface area contributed by atoms with Gasteiger partial charge in [0.05, 0.1) is 6.61 Å². The van der Waals surface area contributed by atoms with Crippen molar-refractivity contribution >= 4 is 0 Å². The predicted molar refractivity (Wildman–Crippen MR) is 52.7 cm³/mol. The SMILES string of the molecule is OCCCCNCCOCC1CC1. The second-order valence-corrected chi connectivity index (χ2v) is 3.70. The molecule has 0 spiro atoms. The van der Waals surface area contributed by atoms with E-state index in [4.69, 9.17) is 9.84 Å². The summed E-state index contributed by atoms with van der Waals surface area (Å²) >= 11 is 0. The maximum Gasteiger partial charge on any atom is 0.0591 e. The number of unbranched alkanes of at least 4 members (excludes halogenated alkanes) is 1. The Bertz CT molecular complexity index is 115. The van der Waals surface area contributed by atoms with E-state index in [0.29, 0.717) is 6.61 Å². The van der Waals surface area contributed by atoms with Crippen LogP contribution < -0.4 is 5.32 Å². The van der Waals surface area contributed by atoms with Gasteiger partial charge >= 0.3 is 0 Å². The van der Waals surface area contributed by atoms with Crippen LogP contribution in [-0.2, 0) is 4.74 Å². The summed E-state index contributed by atoms with van der Waals surface area (Å²) in [5.41, 5.74) is 0. The molecule has 0 aliphatic heterocycles. The van der Waals surface area contributed by atoms with Crippen LogP contribution in [0.4, 0.5) is 0 Å². The Hall–Kier alpha value is -0.120. The average molecular weight is 187 g/mol. The van der Waals surface area contributed by atoms with Crippen LogP contribution in [0.25, 0.3) is 0 Å². The third kappa shape index (κ3) is 6.99. The molecule has 1 saturated carbocycles.